The lowest BCUT2D eigenvalue weighted by molar-refractivity contribution is 0.312. The van der Waals surface area contributed by atoms with Gasteiger partial charge in [-0.3, -0.25) is 0 Å². The average Bonchev–Trinajstić information content (AvgIpc) is 2.19. The van der Waals surface area contributed by atoms with E-state index in [9.17, 15) is 0 Å². The third-order valence-corrected chi connectivity index (χ3v) is 2.52. The van der Waals surface area contributed by atoms with Crippen LogP contribution in [-0.4, -0.2) is 48.1 Å². The van der Waals surface area contributed by atoms with Crippen molar-refractivity contribution in [2.24, 2.45) is 0 Å². The predicted molar refractivity (Wildman–Crippen MR) is 55.3 cm³/mol. The maximum atomic E-state index is 4.39. The molecule has 0 saturated carbocycles. The summed E-state index contributed by atoms with van der Waals surface area (Å²) in [5, 5.41) is 0. The van der Waals surface area contributed by atoms with Gasteiger partial charge in [0.15, 0.2) is 0 Å². The van der Waals surface area contributed by atoms with Crippen molar-refractivity contribution in [1.29, 1.82) is 0 Å². The number of hydrogen-bond donors (Lipinski definition) is 0. The summed E-state index contributed by atoms with van der Waals surface area (Å²) < 4.78 is 0. The molecule has 1 radical (unpaired) electrons. The van der Waals surface area contributed by atoms with Gasteiger partial charge in [-0.1, -0.05) is 0 Å². The maximum absolute atomic E-state index is 4.39. The number of nitrogens with zero attached hydrogens (tertiary/aromatic N) is 4. The molecular weight excluding hydrogens is 176 g/mol. The highest BCUT2D eigenvalue weighted by atomic mass is 15.3. The molecular formula is C10H15N4. The number of aryl methyl sites for hydroxylation is 1. The number of aromatic nitrogens is 2. The van der Waals surface area contributed by atoms with Crippen molar-refractivity contribution in [2.45, 2.75) is 6.92 Å². The normalized spacial score (nSPS) is 18.6. The zero-order chi connectivity index (χ0) is 9.97. The molecule has 0 spiro atoms. The molecule has 1 aromatic rings. The highest BCUT2D eigenvalue weighted by Gasteiger charge is 2.14. The zero-order valence-corrected chi connectivity index (χ0v) is 8.69. The van der Waals surface area contributed by atoms with Gasteiger partial charge in [-0.05, 0) is 14.0 Å². The lowest BCUT2D eigenvalue weighted by Gasteiger charge is -2.33. The first-order valence-corrected chi connectivity index (χ1v) is 4.91. The summed E-state index contributed by atoms with van der Waals surface area (Å²) in [6, 6.07) is 1.86. The van der Waals surface area contributed by atoms with Gasteiger partial charge in [0.2, 0.25) is 0 Å². The van der Waals surface area contributed by atoms with E-state index in [0.29, 0.717) is 0 Å². The molecule has 0 N–H and O–H groups in total. The Kier molecular flexibility index (Phi) is 2.63. The summed E-state index contributed by atoms with van der Waals surface area (Å²) in [4.78, 5) is 13.0. The fourth-order valence-electron chi connectivity index (χ4n) is 1.60. The van der Waals surface area contributed by atoms with Crippen molar-refractivity contribution in [3.63, 3.8) is 0 Å². The molecule has 0 aliphatic carbocycles. The molecule has 0 amide bonds. The fraction of sp³-hybridized carbons (Fsp3) is 0.600. The number of hydrogen-bond acceptors (Lipinski definition) is 4. The van der Waals surface area contributed by atoms with E-state index in [1.54, 1.807) is 0 Å². The SMILES string of the molecule is Cc1n[c]cc(N2CCN(C)CC2)n1. The van der Waals surface area contributed by atoms with Gasteiger partial charge in [0.25, 0.3) is 0 Å². The highest BCUT2D eigenvalue weighted by molar-refractivity contribution is 5.37. The van der Waals surface area contributed by atoms with Crippen molar-refractivity contribution in [2.75, 3.05) is 38.1 Å². The first-order chi connectivity index (χ1) is 6.75. The van der Waals surface area contributed by atoms with Crippen LogP contribution in [0.3, 0.4) is 0 Å². The minimum atomic E-state index is 0.793. The van der Waals surface area contributed by atoms with E-state index in [1.165, 1.54) is 0 Å². The van der Waals surface area contributed by atoms with Crippen LogP contribution in [0.5, 0.6) is 0 Å². The lowest BCUT2D eigenvalue weighted by Crippen LogP contribution is -2.44. The van der Waals surface area contributed by atoms with Crippen LogP contribution in [0.2, 0.25) is 0 Å². The Labute approximate surface area is 84.6 Å². The summed E-state index contributed by atoms with van der Waals surface area (Å²) >= 11 is 0. The van der Waals surface area contributed by atoms with Crippen LogP contribution < -0.4 is 4.90 Å². The maximum Gasteiger partial charge on any atom is 0.133 e. The number of piperazine rings is 1. The molecule has 1 fully saturated rings. The molecule has 1 aliphatic rings. The monoisotopic (exact) mass is 191 g/mol. The van der Waals surface area contributed by atoms with Crippen molar-refractivity contribution >= 4 is 5.82 Å². The Hall–Kier alpha value is -1.16. The summed E-state index contributed by atoms with van der Waals surface area (Å²) in [7, 11) is 2.15. The summed E-state index contributed by atoms with van der Waals surface area (Å²) in [6.07, 6.45) is 2.87. The molecule has 0 bridgehead atoms. The van der Waals surface area contributed by atoms with Gasteiger partial charge >= 0.3 is 0 Å². The van der Waals surface area contributed by atoms with E-state index in [0.717, 1.165) is 37.8 Å². The summed E-state index contributed by atoms with van der Waals surface area (Å²) in [5.74, 6) is 1.80. The van der Waals surface area contributed by atoms with Crippen molar-refractivity contribution in [3.05, 3.63) is 18.1 Å². The van der Waals surface area contributed by atoms with Gasteiger partial charge in [-0.15, -0.1) is 0 Å². The van der Waals surface area contributed by atoms with Crippen molar-refractivity contribution in [3.8, 4) is 0 Å². The largest absolute Gasteiger partial charge is 0.354 e. The smallest absolute Gasteiger partial charge is 0.133 e. The van der Waals surface area contributed by atoms with Gasteiger partial charge < -0.3 is 9.80 Å². The Morgan fingerprint density at radius 3 is 2.64 bits per heavy atom. The third-order valence-electron chi connectivity index (χ3n) is 2.52. The van der Waals surface area contributed by atoms with Crippen LogP contribution in [0.4, 0.5) is 5.82 Å². The Bertz CT molecular complexity index is 305. The lowest BCUT2D eigenvalue weighted by atomic mass is 10.3. The Morgan fingerprint density at radius 1 is 1.29 bits per heavy atom. The molecule has 2 rings (SSSR count). The Balaban J connectivity index is 2.08. The molecule has 0 aromatic carbocycles. The van der Waals surface area contributed by atoms with Gasteiger partial charge in [0.1, 0.15) is 11.6 Å². The van der Waals surface area contributed by atoms with E-state index < -0.39 is 0 Å². The van der Waals surface area contributed by atoms with Crippen molar-refractivity contribution in [1.82, 2.24) is 14.9 Å². The zero-order valence-electron chi connectivity index (χ0n) is 8.69. The second kappa shape index (κ2) is 3.92. The van der Waals surface area contributed by atoms with E-state index in [4.69, 9.17) is 0 Å². The molecule has 2 heterocycles. The second-order valence-electron chi connectivity index (χ2n) is 3.69. The minimum absolute atomic E-state index is 0.793. The topological polar surface area (TPSA) is 32.3 Å². The van der Waals surface area contributed by atoms with Crippen LogP contribution in [0.25, 0.3) is 0 Å². The van der Waals surface area contributed by atoms with Gasteiger partial charge in [0.05, 0.1) is 6.20 Å². The predicted octanol–water partition coefficient (Wildman–Crippen LogP) is 0.337. The minimum Gasteiger partial charge on any atom is -0.354 e. The number of likely N-dealkylation sites (N-methyl/N-ethyl adjacent to an activating group) is 1. The van der Waals surface area contributed by atoms with Gasteiger partial charge in [-0.25, -0.2) is 9.97 Å². The molecule has 4 nitrogen and oxygen atoms in total. The number of anilines is 1. The van der Waals surface area contributed by atoms with Crippen LogP contribution in [0, 0.1) is 13.1 Å². The molecule has 0 unspecified atom stereocenters. The van der Waals surface area contributed by atoms with Crippen molar-refractivity contribution < 1.29 is 0 Å². The van der Waals surface area contributed by atoms with Gasteiger partial charge in [-0.2, -0.15) is 0 Å². The van der Waals surface area contributed by atoms with E-state index >= 15 is 0 Å². The number of rotatable bonds is 1. The van der Waals surface area contributed by atoms with Gasteiger partial charge in [0, 0.05) is 32.2 Å². The molecule has 4 heteroatoms. The first kappa shape index (κ1) is 9.40. The van der Waals surface area contributed by atoms with Crippen LogP contribution in [-0.2, 0) is 0 Å². The second-order valence-corrected chi connectivity index (χ2v) is 3.69. The molecule has 1 saturated heterocycles. The fourth-order valence-corrected chi connectivity index (χ4v) is 1.60. The molecule has 0 atom stereocenters. The van der Waals surface area contributed by atoms with E-state index in [-0.39, 0.29) is 0 Å². The quantitative estimate of drug-likeness (QED) is 0.640. The average molecular weight is 191 g/mol. The van der Waals surface area contributed by atoms with E-state index in [1.807, 2.05) is 13.0 Å². The molecule has 14 heavy (non-hydrogen) atoms. The van der Waals surface area contributed by atoms with Crippen LogP contribution >= 0.6 is 0 Å². The molecule has 1 aliphatic heterocycles. The standard InChI is InChI=1S/C10H15N4/c1-9-11-4-3-10(12-9)14-7-5-13(2)6-8-14/h3H,5-8H2,1-2H3. The molecule has 75 valence electrons. The Morgan fingerprint density at radius 2 is 2.00 bits per heavy atom. The summed E-state index contributed by atoms with van der Waals surface area (Å²) in [6.45, 7) is 6.18. The first-order valence-electron chi connectivity index (χ1n) is 4.91. The van der Waals surface area contributed by atoms with Crippen LogP contribution in [0.15, 0.2) is 6.07 Å². The highest BCUT2D eigenvalue weighted by Crippen LogP contribution is 2.11. The third kappa shape index (κ3) is 2.01. The van der Waals surface area contributed by atoms with E-state index in [2.05, 4.69) is 33.0 Å². The summed E-state index contributed by atoms with van der Waals surface area (Å²) in [5.41, 5.74) is 0. The molecule has 1 aromatic heterocycles. The van der Waals surface area contributed by atoms with Crippen LogP contribution in [0.1, 0.15) is 5.82 Å².